The number of rotatable bonds is 4. The summed E-state index contributed by atoms with van der Waals surface area (Å²) in [6, 6.07) is 0. The van der Waals surface area contributed by atoms with Gasteiger partial charge in [0.2, 0.25) is 0 Å². The van der Waals surface area contributed by atoms with E-state index in [1.54, 1.807) is 14.0 Å². The van der Waals surface area contributed by atoms with Crippen LogP contribution in [-0.4, -0.2) is 36.5 Å². The van der Waals surface area contributed by atoms with Gasteiger partial charge in [-0.05, 0) is 19.8 Å². The highest BCUT2D eigenvalue weighted by Gasteiger charge is 2.41. The molecule has 1 rings (SSSR count). The summed E-state index contributed by atoms with van der Waals surface area (Å²) in [4.78, 5) is 11.3. The quantitative estimate of drug-likeness (QED) is 0.719. The van der Waals surface area contributed by atoms with E-state index in [2.05, 4.69) is 0 Å². The molecule has 0 aromatic rings. The molecule has 0 radical (unpaired) electrons. The summed E-state index contributed by atoms with van der Waals surface area (Å²) in [7, 11) is 1.58. The van der Waals surface area contributed by atoms with Crippen LogP contribution in [0.1, 0.15) is 39.0 Å². The van der Waals surface area contributed by atoms with E-state index in [9.17, 15) is 9.90 Å². The van der Waals surface area contributed by atoms with E-state index in [-0.39, 0.29) is 18.5 Å². The van der Waals surface area contributed by atoms with E-state index >= 15 is 0 Å². The van der Waals surface area contributed by atoms with Crippen LogP contribution in [0.3, 0.4) is 0 Å². The molecule has 2 atom stereocenters. The van der Waals surface area contributed by atoms with Crippen molar-refractivity contribution in [2.45, 2.75) is 50.7 Å². The van der Waals surface area contributed by atoms with Crippen LogP contribution in [0.25, 0.3) is 0 Å². The Balaban J connectivity index is 2.57. The summed E-state index contributed by atoms with van der Waals surface area (Å²) in [5.74, 6) is -0.344. The summed E-state index contributed by atoms with van der Waals surface area (Å²) in [5.41, 5.74) is -1.03. The first kappa shape index (κ1) is 12.5. The molecule has 0 heterocycles. The van der Waals surface area contributed by atoms with E-state index in [4.69, 9.17) is 9.47 Å². The molecule has 0 bridgehead atoms. The van der Waals surface area contributed by atoms with Crippen molar-refractivity contribution in [3.8, 4) is 0 Å². The van der Waals surface area contributed by atoms with Gasteiger partial charge in [-0.25, -0.2) is 0 Å². The van der Waals surface area contributed by atoms with Crippen LogP contribution in [-0.2, 0) is 14.3 Å². The van der Waals surface area contributed by atoms with Crippen molar-refractivity contribution in [3.63, 3.8) is 0 Å². The minimum absolute atomic E-state index is 0.0410. The van der Waals surface area contributed by atoms with Gasteiger partial charge in [0.1, 0.15) is 5.60 Å². The van der Waals surface area contributed by atoms with Crippen molar-refractivity contribution < 1.29 is 19.4 Å². The zero-order valence-corrected chi connectivity index (χ0v) is 9.49. The van der Waals surface area contributed by atoms with Crippen LogP contribution in [0, 0.1) is 0 Å². The standard InChI is InChI=1S/C11H20O4/c1-3-15-10(12)8-11(13)7-5-4-6-9(11)14-2/h9,13H,3-8H2,1-2H3/t9-,11-/m1/s1. The van der Waals surface area contributed by atoms with Crippen LogP contribution >= 0.6 is 0 Å². The third kappa shape index (κ3) is 3.18. The number of aliphatic hydroxyl groups is 1. The molecular formula is C11H20O4. The number of hydrogen-bond acceptors (Lipinski definition) is 4. The summed E-state index contributed by atoms with van der Waals surface area (Å²) < 4.78 is 10.1. The molecule has 0 unspecified atom stereocenters. The van der Waals surface area contributed by atoms with Gasteiger partial charge >= 0.3 is 5.97 Å². The first-order valence-electron chi connectivity index (χ1n) is 5.53. The average Bonchev–Trinajstić information content (AvgIpc) is 2.18. The van der Waals surface area contributed by atoms with Crippen molar-refractivity contribution in [1.29, 1.82) is 0 Å². The maximum Gasteiger partial charge on any atom is 0.308 e. The molecule has 1 fully saturated rings. The molecule has 1 N–H and O–H groups in total. The van der Waals surface area contributed by atoms with Gasteiger partial charge in [0.05, 0.1) is 19.1 Å². The van der Waals surface area contributed by atoms with E-state index in [1.807, 2.05) is 0 Å². The minimum atomic E-state index is -1.03. The second-order valence-electron chi connectivity index (χ2n) is 4.06. The third-order valence-corrected chi connectivity index (χ3v) is 2.97. The molecule has 4 heteroatoms. The fourth-order valence-electron chi connectivity index (χ4n) is 2.19. The van der Waals surface area contributed by atoms with Gasteiger partial charge in [-0.15, -0.1) is 0 Å². The van der Waals surface area contributed by atoms with Gasteiger partial charge in [0.15, 0.2) is 0 Å². The van der Waals surface area contributed by atoms with Crippen LogP contribution in [0.2, 0.25) is 0 Å². The normalized spacial score (nSPS) is 31.3. The fourth-order valence-corrected chi connectivity index (χ4v) is 2.19. The molecule has 15 heavy (non-hydrogen) atoms. The number of ether oxygens (including phenoxy) is 2. The summed E-state index contributed by atoms with van der Waals surface area (Å²) in [6.07, 6.45) is 3.21. The monoisotopic (exact) mass is 216 g/mol. The number of esters is 1. The van der Waals surface area contributed by atoms with Gasteiger partial charge in [0.25, 0.3) is 0 Å². The fraction of sp³-hybridized carbons (Fsp3) is 0.909. The third-order valence-electron chi connectivity index (χ3n) is 2.97. The molecule has 1 saturated carbocycles. The molecule has 1 aliphatic carbocycles. The number of carbonyl (C=O) groups is 1. The molecule has 4 nitrogen and oxygen atoms in total. The molecular weight excluding hydrogens is 196 g/mol. The van der Waals surface area contributed by atoms with Gasteiger partial charge in [-0.1, -0.05) is 12.8 Å². The Labute approximate surface area is 90.6 Å². The summed E-state index contributed by atoms with van der Waals surface area (Å²) >= 11 is 0. The molecule has 1 aliphatic rings. The maximum atomic E-state index is 11.3. The van der Waals surface area contributed by atoms with Crippen LogP contribution in [0.15, 0.2) is 0 Å². The second kappa shape index (κ2) is 5.47. The number of methoxy groups -OCH3 is 1. The molecule has 88 valence electrons. The lowest BCUT2D eigenvalue weighted by Crippen LogP contribution is -2.47. The molecule has 0 aromatic carbocycles. The lowest BCUT2D eigenvalue weighted by molar-refractivity contribution is -0.162. The Kier molecular flexibility index (Phi) is 4.54. The van der Waals surface area contributed by atoms with E-state index in [0.29, 0.717) is 13.0 Å². The Morgan fingerprint density at radius 1 is 1.53 bits per heavy atom. The maximum absolute atomic E-state index is 11.3. The first-order chi connectivity index (χ1) is 7.12. The first-order valence-corrected chi connectivity index (χ1v) is 5.53. The Morgan fingerprint density at radius 3 is 2.87 bits per heavy atom. The lowest BCUT2D eigenvalue weighted by Gasteiger charge is -2.38. The highest BCUT2D eigenvalue weighted by molar-refractivity contribution is 5.70. The highest BCUT2D eigenvalue weighted by atomic mass is 16.5. The molecule has 0 aromatic heterocycles. The molecule has 0 aliphatic heterocycles. The average molecular weight is 216 g/mol. The van der Waals surface area contributed by atoms with Crippen LogP contribution < -0.4 is 0 Å². The zero-order chi connectivity index (χ0) is 11.3. The SMILES string of the molecule is CCOC(=O)C[C@]1(O)CCCC[C@H]1OC. The largest absolute Gasteiger partial charge is 0.466 e. The topological polar surface area (TPSA) is 55.8 Å². The van der Waals surface area contributed by atoms with E-state index < -0.39 is 5.60 Å². The van der Waals surface area contributed by atoms with Crippen molar-refractivity contribution in [2.75, 3.05) is 13.7 Å². The number of carbonyl (C=O) groups excluding carboxylic acids is 1. The molecule has 0 amide bonds. The number of hydrogen-bond donors (Lipinski definition) is 1. The summed E-state index contributed by atoms with van der Waals surface area (Å²) in [6.45, 7) is 2.11. The minimum Gasteiger partial charge on any atom is -0.466 e. The van der Waals surface area contributed by atoms with Crippen LogP contribution in [0.5, 0.6) is 0 Å². The molecule has 0 saturated heterocycles. The molecule has 0 spiro atoms. The Bertz CT molecular complexity index is 217. The second-order valence-corrected chi connectivity index (χ2v) is 4.06. The Morgan fingerprint density at radius 2 is 2.27 bits per heavy atom. The van der Waals surface area contributed by atoms with Gasteiger partial charge in [-0.3, -0.25) is 4.79 Å². The van der Waals surface area contributed by atoms with E-state index in [0.717, 1.165) is 19.3 Å². The highest BCUT2D eigenvalue weighted by Crippen LogP contribution is 2.33. The van der Waals surface area contributed by atoms with Crippen molar-refractivity contribution in [1.82, 2.24) is 0 Å². The van der Waals surface area contributed by atoms with Gasteiger partial charge < -0.3 is 14.6 Å². The predicted octanol–water partition coefficient (Wildman–Crippen LogP) is 1.26. The lowest BCUT2D eigenvalue weighted by atomic mass is 9.80. The van der Waals surface area contributed by atoms with Gasteiger partial charge in [-0.2, -0.15) is 0 Å². The predicted molar refractivity (Wildman–Crippen MR) is 55.5 cm³/mol. The van der Waals surface area contributed by atoms with Crippen molar-refractivity contribution >= 4 is 5.97 Å². The van der Waals surface area contributed by atoms with E-state index in [1.165, 1.54) is 0 Å². The Hall–Kier alpha value is -0.610. The smallest absolute Gasteiger partial charge is 0.308 e. The zero-order valence-electron chi connectivity index (χ0n) is 9.49. The summed E-state index contributed by atoms with van der Waals surface area (Å²) in [5, 5.41) is 10.3. The van der Waals surface area contributed by atoms with Gasteiger partial charge in [0, 0.05) is 7.11 Å². The van der Waals surface area contributed by atoms with Crippen molar-refractivity contribution in [2.24, 2.45) is 0 Å². The van der Waals surface area contributed by atoms with Crippen molar-refractivity contribution in [3.05, 3.63) is 0 Å². The van der Waals surface area contributed by atoms with Crippen LogP contribution in [0.4, 0.5) is 0 Å².